The van der Waals surface area contributed by atoms with Crippen molar-refractivity contribution in [3.05, 3.63) is 51.2 Å². The number of aromatic nitrogens is 3. The van der Waals surface area contributed by atoms with E-state index < -0.39 is 11.9 Å². The summed E-state index contributed by atoms with van der Waals surface area (Å²) in [6, 6.07) is 3.67. The molecule has 2 aromatic rings. The zero-order valence-electron chi connectivity index (χ0n) is 19.1. The first-order chi connectivity index (χ1) is 16.0. The number of nitrogens with one attached hydrogen (secondary N) is 2. The molecule has 1 saturated heterocycles. The molecule has 0 aromatic carbocycles. The van der Waals surface area contributed by atoms with Crippen LogP contribution in [0.15, 0.2) is 16.9 Å². The standard InChI is InChI=1S/C24H31FN6O2/c1-26-24(33)19-8-9-20(21(25)27-19)31-12-10-30(11-13-31)16-7-6-15(14-16)22-28-18-5-3-2-4-17(18)23(32)29-22/h8-9,15-16H,2-7,10-14H2,1H3,(H,26,33)(H,28,29,32)/t15-,16-/m1/s1. The Morgan fingerprint density at radius 1 is 1.12 bits per heavy atom. The van der Waals surface area contributed by atoms with Gasteiger partial charge in [0.05, 0.1) is 11.4 Å². The maximum absolute atomic E-state index is 14.5. The van der Waals surface area contributed by atoms with Gasteiger partial charge in [-0.2, -0.15) is 4.39 Å². The van der Waals surface area contributed by atoms with Gasteiger partial charge in [-0.3, -0.25) is 14.5 Å². The molecule has 0 unspecified atom stereocenters. The number of halogens is 1. The SMILES string of the molecule is CNC(=O)c1ccc(N2CCN([C@@H]3CC[C@@H](c4nc5c(c(=O)[nH]4)CCCC5)C3)CC2)c(F)n1. The molecule has 2 atom stereocenters. The Morgan fingerprint density at radius 2 is 1.91 bits per heavy atom. The normalized spacial score (nSPS) is 23.4. The predicted molar refractivity (Wildman–Crippen MR) is 123 cm³/mol. The minimum absolute atomic E-state index is 0.0600. The van der Waals surface area contributed by atoms with Crippen molar-refractivity contribution in [1.82, 2.24) is 25.2 Å². The average Bonchev–Trinajstić information content (AvgIpc) is 3.34. The Hall–Kier alpha value is -2.81. The second kappa shape index (κ2) is 9.21. The number of hydrogen-bond acceptors (Lipinski definition) is 6. The molecule has 1 amide bonds. The second-order valence-corrected chi connectivity index (χ2v) is 9.36. The third kappa shape index (κ3) is 4.38. The summed E-state index contributed by atoms with van der Waals surface area (Å²) in [5.74, 6) is 0.168. The number of nitrogens with zero attached hydrogens (tertiary/aromatic N) is 4. The summed E-state index contributed by atoms with van der Waals surface area (Å²) in [5.41, 5.74) is 2.49. The average molecular weight is 455 g/mol. The highest BCUT2D eigenvalue weighted by Gasteiger charge is 2.34. The molecule has 176 valence electrons. The van der Waals surface area contributed by atoms with E-state index in [4.69, 9.17) is 4.98 Å². The largest absolute Gasteiger partial charge is 0.365 e. The van der Waals surface area contributed by atoms with Gasteiger partial charge < -0.3 is 15.2 Å². The van der Waals surface area contributed by atoms with E-state index in [0.29, 0.717) is 30.7 Å². The minimum Gasteiger partial charge on any atom is -0.365 e. The van der Waals surface area contributed by atoms with Crippen LogP contribution in [0.3, 0.4) is 0 Å². The van der Waals surface area contributed by atoms with Crippen molar-refractivity contribution in [2.45, 2.75) is 56.9 Å². The van der Waals surface area contributed by atoms with Crippen LogP contribution in [0.4, 0.5) is 10.1 Å². The van der Waals surface area contributed by atoms with E-state index in [2.05, 4.69) is 20.2 Å². The van der Waals surface area contributed by atoms with Crippen molar-refractivity contribution >= 4 is 11.6 Å². The van der Waals surface area contributed by atoms with E-state index in [9.17, 15) is 14.0 Å². The van der Waals surface area contributed by atoms with Crippen LogP contribution in [0.1, 0.15) is 65.6 Å². The number of amides is 1. The molecule has 9 heteroatoms. The lowest BCUT2D eigenvalue weighted by Crippen LogP contribution is -2.50. The highest BCUT2D eigenvalue weighted by atomic mass is 19.1. The number of aromatic amines is 1. The minimum atomic E-state index is -0.604. The van der Waals surface area contributed by atoms with Gasteiger partial charge in [0.2, 0.25) is 5.95 Å². The number of fused-ring (bicyclic) bond motifs is 1. The monoisotopic (exact) mass is 454 g/mol. The number of rotatable bonds is 4. The van der Waals surface area contributed by atoms with Crippen molar-refractivity contribution in [3.63, 3.8) is 0 Å². The van der Waals surface area contributed by atoms with Crippen molar-refractivity contribution in [3.8, 4) is 0 Å². The zero-order chi connectivity index (χ0) is 22.9. The number of carbonyl (C=O) groups is 1. The first-order valence-corrected chi connectivity index (χ1v) is 12.0. The lowest BCUT2D eigenvalue weighted by molar-refractivity contribution is 0.0957. The van der Waals surface area contributed by atoms with Crippen LogP contribution in [-0.2, 0) is 12.8 Å². The Morgan fingerprint density at radius 3 is 2.67 bits per heavy atom. The number of aryl methyl sites for hydroxylation is 1. The summed E-state index contributed by atoms with van der Waals surface area (Å²) in [5, 5.41) is 2.47. The Balaban J connectivity index is 1.20. The number of hydrogen-bond donors (Lipinski definition) is 2. The molecule has 3 heterocycles. The first-order valence-electron chi connectivity index (χ1n) is 12.0. The summed E-state index contributed by atoms with van der Waals surface area (Å²) in [6.45, 7) is 3.13. The molecule has 3 aliphatic rings. The van der Waals surface area contributed by atoms with Crippen LogP contribution in [0, 0.1) is 5.95 Å². The zero-order valence-corrected chi connectivity index (χ0v) is 19.1. The van der Waals surface area contributed by atoms with Crippen LogP contribution in [0.5, 0.6) is 0 Å². The lowest BCUT2D eigenvalue weighted by atomic mass is 9.96. The van der Waals surface area contributed by atoms with Crippen molar-refractivity contribution < 1.29 is 9.18 Å². The lowest BCUT2D eigenvalue weighted by Gasteiger charge is -2.39. The summed E-state index contributed by atoms with van der Waals surface area (Å²) < 4.78 is 14.5. The van der Waals surface area contributed by atoms with Crippen molar-refractivity contribution in [2.75, 3.05) is 38.1 Å². The maximum Gasteiger partial charge on any atom is 0.269 e. The Bertz CT molecular complexity index is 1090. The maximum atomic E-state index is 14.5. The van der Waals surface area contributed by atoms with Gasteiger partial charge in [-0.05, 0) is 57.1 Å². The number of H-pyrrole nitrogens is 1. The molecular weight excluding hydrogens is 423 g/mol. The van der Waals surface area contributed by atoms with E-state index in [1.807, 2.05) is 4.90 Å². The van der Waals surface area contributed by atoms with Gasteiger partial charge in [0.25, 0.3) is 11.5 Å². The fourth-order valence-electron chi connectivity index (χ4n) is 5.60. The molecule has 2 fully saturated rings. The molecule has 8 nitrogen and oxygen atoms in total. The van der Waals surface area contributed by atoms with Gasteiger partial charge in [0, 0.05) is 50.7 Å². The smallest absolute Gasteiger partial charge is 0.269 e. The van der Waals surface area contributed by atoms with Gasteiger partial charge in [0.15, 0.2) is 0 Å². The van der Waals surface area contributed by atoms with E-state index in [-0.39, 0.29) is 11.3 Å². The summed E-state index contributed by atoms with van der Waals surface area (Å²) in [7, 11) is 1.50. The van der Waals surface area contributed by atoms with Crippen LogP contribution in [-0.4, -0.2) is 65.0 Å². The van der Waals surface area contributed by atoms with Gasteiger partial charge >= 0.3 is 0 Å². The second-order valence-electron chi connectivity index (χ2n) is 9.36. The Kier molecular flexibility index (Phi) is 6.14. The fourth-order valence-corrected chi connectivity index (χ4v) is 5.60. The van der Waals surface area contributed by atoms with Gasteiger partial charge in [0.1, 0.15) is 11.5 Å². The molecule has 1 aliphatic heterocycles. The number of anilines is 1. The van der Waals surface area contributed by atoms with Crippen LogP contribution in [0.2, 0.25) is 0 Å². The quantitative estimate of drug-likeness (QED) is 0.687. The van der Waals surface area contributed by atoms with Crippen LogP contribution in [0.25, 0.3) is 0 Å². The van der Waals surface area contributed by atoms with Crippen molar-refractivity contribution in [2.24, 2.45) is 0 Å². The van der Waals surface area contributed by atoms with E-state index in [1.54, 1.807) is 12.1 Å². The van der Waals surface area contributed by atoms with Gasteiger partial charge in [-0.25, -0.2) is 9.97 Å². The van der Waals surface area contributed by atoms with Crippen LogP contribution >= 0.6 is 0 Å². The van der Waals surface area contributed by atoms with Gasteiger partial charge in [-0.15, -0.1) is 0 Å². The molecule has 1 saturated carbocycles. The third-order valence-electron chi connectivity index (χ3n) is 7.46. The molecule has 0 spiro atoms. The van der Waals surface area contributed by atoms with Gasteiger partial charge in [-0.1, -0.05) is 0 Å². The highest BCUT2D eigenvalue weighted by Crippen LogP contribution is 2.36. The number of carbonyl (C=O) groups excluding carboxylic acids is 1. The Labute approximate surface area is 192 Å². The topological polar surface area (TPSA) is 94.2 Å². The molecular formula is C24H31FN6O2. The molecule has 0 bridgehead atoms. The number of piperazine rings is 1. The third-order valence-corrected chi connectivity index (χ3v) is 7.46. The molecule has 2 N–H and O–H groups in total. The number of pyridine rings is 1. The molecule has 33 heavy (non-hydrogen) atoms. The summed E-state index contributed by atoms with van der Waals surface area (Å²) >= 11 is 0. The van der Waals surface area contributed by atoms with Crippen LogP contribution < -0.4 is 15.8 Å². The highest BCUT2D eigenvalue weighted by molar-refractivity contribution is 5.92. The predicted octanol–water partition coefficient (Wildman–Crippen LogP) is 2.00. The van der Waals surface area contributed by atoms with E-state index in [0.717, 1.165) is 75.1 Å². The summed E-state index contributed by atoms with van der Waals surface area (Å²) in [6.07, 6.45) is 7.07. The molecule has 2 aliphatic carbocycles. The first kappa shape index (κ1) is 22.0. The van der Waals surface area contributed by atoms with Crippen molar-refractivity contribution in [1.29, 1.82) is 0 Å². The molecule has 5 rings (SSSR count). The van der Waals surface area contributed by atoms with E-state index >= 15 is 0 Å². The fraction of sp³-hybridized carbons (Fsp3) is 0.583. The molecule has 0 radical (unpaired) electrons. The summed E-state index contributed by atoms with van der Waals surface area (Å²) in [4.78, 5) is 40.5. The molecule has 2 aromatic heterocycles. The van der Waals surface area contributed by atoms with E-state index in [1.165, 1.54) is 7.05 Å².